The third kappa shape index (κ3) is 4.39. The van der Waals surface area contributed by atoms with Gasteiger partial charge < -0.3 is 9.47 Å². The van der Waals surface area contributed by atoms with Crippen molar-refractivity contribution in [1.82, 2.24) is 0 Å². The number of aryl methyl sites for hydroxylation is 1. The lowest BCUT2D eigenvalue weighted by Crippen LogP contribution is -2.11. The highest BCUT2D eigenvalue weighted by molar-refractivity contribution is 5.91. The van der Waals surface area contributed by atoms with Crippen LogP contribution in [0, 0.1) is 11.3 Å². The Morgan fingerprint density at radius 2 is 1.90 bits per heavy atom. The Balaban J connectivity index is 2.92. The van der Waals surface area contributed by atoms with Crippen molar-refractivity contribution in [2.75, 3.05) is 13.2 Å². The third-order valence-electron chi connectivity index (χ3n) is 2.63. The number of hydrogen-bond donors (Lipinski definition) is 0. The highest BCUT2D eigenvalue weighted by Gasteiger charge is 2.14. The fourth-order valence-electron chi connectivity index (χ4n) is 1.75. The van der Waals surface area contributed by atoms with Gasteiger partial charge in [-0.1, -0.05) is 0 Å². The lowest BCUT2D eigenvalue weighted by molar-refractivity contribution is -0.143. The van der Waals surface area contributed by atoms with Crippen LogP contribution in [0.4, 0.5) is 0 Å². The number of nitriles is 1. The molecule has 1 aromatic rings. The maximum Gasteiger partial charge on any atom is 0.338 e. The second-order valence-electron chi connectivity index (χ2n) is 4.01. The van der Waals surface area contributed by atoms with Gasteiger partial charge in [0.15, 0.2) is 0 Å². The lowest BCUT2D eigenvalue weighted by atomic mass is 10.00. The summed E-state index contributed by atoms with van der Waals surface area (Å²) in [6, 6.07) is 6.72. The van der Waals surface area contributed by atoms with Crippen molar-refractivity contribution in [3.05, 3.63) is 34.9 Å². The van der Waals surface area contributed by atoms with E-state index in [-0.39, 0.29) is 19.0 Å². The smallest absolute Gasteiger partial charge is 0.338 e. The number of carbonyl (C=O) groups is 2. The van der Waals surface area contributed by atoms with E-state index in [2.05, 4.69) is 0 Å². The Labute approximate surface area is 118 Å². The molecule has 1 aromatic carbocycles. The number of rotatable bonds is 6. The van der Waals surface area contributed by atoms with E-state index >= 15 is 0 Å². The van der Waals surface area contributed by atoms with E-state index in [1.807, 2.05) is 6.07 Å². The van der Waals surface area contributed by atoms with E-state index in [1.54, 1.807) is 32.0 Å². The van der Waals surface area contributed by atoms with Gasteiger partial charge in [0.2, 0.25) is 0 Å². The molecule has 0 aliphatic heterocycles. The predicted molar refractivity (Wildman–Crippen MR) is 72.1 cm³/mol. The molecule has 0 saturated carbocycles. The summed E-state index contributed by atoms with van der Waals surface area (Å²) in [5.74, 6) is -0.777. The SMILES string of the molecule is CCOC(=O)CCc1cc(C#N)ccc1C(=O)OCC. The second kappa shape index (κ2) is 7.95. The molecule has 0 fully saturated rings. The largest absolute Gasteiger partial charge is 0.466 e. The van der Waals surface area contributed by atoms with Crippen molar-refractivity contribution in [1.29, 1.82) is 5.26 Å². The summed E-state index contributed by atoms with van der Waals surface area (Å²) in [6.45, 7) is 4.05. The third-order valence-corrected chi connectivity index (χ3v) is 2.63. The highest BCUT2D eigenvalue weighted by atomic mass is 16.5. The Morgan fingerprint density at radius 1 is 1.20 bits per heavy atom. The van der Waals surface area contributed by atoms with Gasteiger partial charge in [-0.2, -0.15) is 5.26 Å². The van der Waals surface area contributed by atoms with E-state index in [1.165, 1.54) is 0 Å². The minimum Gasteiger partial charge on any atom is -0.466 e. The van der Waals surface area contributed by atoms with Crippen molar-refractivity contribution in [2.45, 2.75) is 26.7 Å². The normalized spacial score (nSPS) is 9.65. The Morgan fingerprint density at radius 3 is 2.50 bits per heavy atom. The molecule has 0 aliphatic rings. The topological polar surface area (TPSA) is 76.4 Å². The van der Waals surface area contributed by atoms with Crippen LogP contribution < -0.4 is 0 Å². The first-order chi connectivity index (χ1) is 9.62. The molecule has 0 unspecified atom stereocenters. The van der Waals surface area contributed by atoms with E-state index in [0.29, 0.717) is 29.7 Å². The number of hydrogen-bond acceptors (Lipinski definition) is 5. The average Bonchev–Trinajstić information content (AvgIpc) is 2.45. The molecule has 0 amide bonds. The molecule has 20 heavy (non-hydrogen) atoms. The van der Waals surface area contributed by atoms with Crippen LogP contribution in [-0.2, 0) is 20.7 Å². The van der Waals surface area contributed by atoms with E-state index in [4.69, 9.17) is 14.7 Å². The zero-order chi connectivity index (χ0) is 15.0. The quantitative estimate of drug-likeness (QED) is 0.744. The van der Waals surface area contributed by atoms with Crippen molar-refractivity contribution in [2.24, 2.45) is 0 Å². The van der Waals surface area contributed by atoms with Crippen molar-refractivity contribution in [3.8, 4) is 6.07 Å². The highest BCUT2D eigenvalue weighted by Crippen LogP contribution is 2.15. The molecule has 106 valence electrons. The molecule has 5 nitrogen and oxygen atoms in total. The Bertz CT molecular complexity index is 531. The lowest BCUT2D eigenvalue weighted by Gasteiger charge is -2.09. The molecule has 0 bridgehead atoms. The molecule has 5 heteroatoms. The number of benzene rings is 1. The van der Waals surface area contributed by atoms with Crippen molar-refractivity contribution >= 4 is 11.9 Å². The van der Waals surface area contributed by atoms with Gasteiger partial charge in [-0.3, -0.25) is 4.79 Å². The summed E-state index contributed by atoms with van der Waals surface area (Å²) < 4.78 is 9.81. The molecule has 0 aromatic heterocycles. The molecule has 1 rings (SSSR count). The molecular formula is C15H17NO4. The summed E-state index contributed by atoms with van der Waals surface area (Å²) in [7, 11) is 0. The summed E-state index contributed by atoms with van der Waals surface area (Å²) in [4.78, 5) is 23.2. The van der Waals surface area contributed by atoms with Gasteiger partial charge in [-0.05, 0) is 44.0 Å². The first-order valence-electron chi connectivity index (χ1n) is 6.48. The maximum atomic E-state index is 11.8. The summed E-state index contributed by atoms with van der Waals surface area (Å²) in [5.41, 5.74) is 1.45. The minimum atomic E-state index is -0.448. The van der Waals surface area contributed by atoms with Crippen LogP contribution in [0.2, 0.25) is 0 Å². The Kier molecular flexibility index (Phi) is 6.24. The fourth-order valence-corrected chi connectivity index (χ4v) is 1.75. The molecule has 0 heterocycles. The average molecular weight is 275 g/mol. The first-order valence-corrected chi connectivity index (χ1v) is 6.48. The van der Waals surface area contributed by atoms with E-state index in [0.717, 1.165) is 0 Å². The molecular weight excluding hydrogens is 258 g/mol. The molecule has 0 N–H and O–H groups in total. The van der Waals surface area contributed by atoms with E-state index < -0.39 is 5.97 Å². The molecule has 0 radical (unpaired) electrons. The monoisotopic (exact) mass is 275 g/mol. The van der Waals surface area contributed by atoms with Gasteiger partial charge in [-0.25, -0.2) is 4.79 Å². The van der Waals surface area contributed by atoms with Gasteiger partial charge in [0.25, 0.3) is 0 Å². The number of esters is 2. The zero-order valence-corrected chi connectivity index (χ0v) is 11.6. The predicted octanol–water partition coefficient (Wildman–Crippen LogP) is 2.23. The maximum absolute atomic E-state index is 11.8. The Hall–Kier alpha value is -2.35. The second-order valence-corrected chi connectivity index (χ2v) is 4.01. The van der Waals surface area contributed by atoms with Crippen LogP contribution in [-0.4, -0.2) is 25.2 Å². The van der Waals surface area contributed by atoms with Crippen molar-refractivity contribution in [3.63, 3.8) is 0 Å². The first kappa shape index (κ1) is 15.7. The molecule has 0 aliphatic carbocycles. The van der Waals surface area contributed by atoms with E-state index in [9.17, 15) is 9.59 Å². The minimum absolute atomic E-state index is 0.162. The van der Waals surface area contributed by atoms with Crippen LogP contribution >= 0.6 is 0 Å². The van der Waals surface area contributed by atoms with Crippen molar-refractivity contribution < 1.29 is 19.1 Å². The number of ether oxygens (including phenoxy) is 2. The van der Waals surface area contributed by atoms with Gasteiger partial charge in [0.05, 0.1) is 30.4 Å². The van der Waals surface area contributed by atoms with Crippen LogP contribution in [0.3, 0.4) is 0 Å². The fraction of sp³-hybridized carbons (Fsp3) is 0.400. The zero-order valence-electron chi connectivity index (χ0n) is 11.6. The summed E-state index contributed by atoms with van der Waals surface area (Å²) in [5, 5.41) is 8.90. The van der Waals surface area contributed by atoms with Crippen LogP contribution in [0.25, 0.3) is 0 Å². The molecule has 0 saturated heterocycles. The van der Waals surface area contributed by atoms with Gasteiger partial charge in [-0.15, -0.1) is 0 Å². The summed E-state index contributed by atoms with van der Waals surface area (Å²) >= 11 is 0. The van der Waals surface area contributed by atoms with Gasteiger partial charge in [0, 0.05) is 6.42 Å². The number of carbonyl (C=O) groups excluding carboxylic acids is 2. The number of nitrogens with zero attached hydrogens (tertiary/aromatic N) is 1. The van der Waals surface area contributed by atoms with Gasteiger partial charge >= 0.3 is 11.9 Å². The molecule has 0 spiro atoms. The standard InChI is InChI=1S/C15H17NO4/c1-3-19-14(17)8-6-12-9-11(10-16)5-7-13(12)15(18)20-4-2/h5,7,9H,3-4,6,8H2,1-2H3. The van der Waals surface area contributed by atoms with Crippen LogP contribution in [0.15, 0.2) is 18.2 Å². The summed E-state index contributed by atoms with van der Waals surface area (Å²) in [6.07, 6.45) is 0.498. The van der Waals surface area contributed by atoms with Crippen LogP contribution in [0.5, 0.6) is 0 Å². The molecule has 0 atom stereocenters. The van der Waals surface area contributed by atoms with Gasteiger partial charge in [0.1, 0.15) is 0 Å². The van der Waals surface area contributed by atoms with Crippen LogP contribution in [0.1, 0.15) is 41.8 Å².